The largest absolute Gasteiger partial charge is 0.456 e. The fourth-order valence-electron chi connectivity index (χ4n) is 8.33. The molecule has 11 aromatic rings. The highest BCUT2D eigenvalue weighted by Gasteiger charge is 2.21. The van der Waals surface area contributed by atoms with Crippen molar-refractivity contribution in [3.8, 4) is 33.6 Å². The molecule has 11 rings (SSSR count). The van der Waals surface area contributed by atoms with Gasteiger partial charge in [-0.05, 0) is 70.8 Å². The fourth-order valence-corrected chi connectivity index (χ4v) is 8.33. The van der Waals surface area contributed by atoms with Crippen molar-refractivity contribution in [2.45, 2.75) is 0 Å². The highest BCUT2D eigenvalue weighted by molar-refractivity contribution is 6.16. The Morgan fingerprint density at radius 1 is 0.333 bits per heavy atom. The number of rotatable bonds is 4. The number of para-hydroxylation sites is 4. The summed E-state index contributed by atoms with van der Waals surface area (Å²) in [4.78, 5) is 0. The SMILES string of the molecule is c1ccc(-c2ccccc2-c2cc(-n3c4ccccc4c4ccc(-n5c6ccccc6c6ccccc65)cc43)c3c(c2)oc2ccccc23)cc1. The molecule has 0 fully saturated rings. The van der Waals surface area contributed by atoms with Gasteiger partial charge in [-0.2, -0.15) is 0 Å². The van der Waals surface area contributed by atoms with Gasteiger partial charge in [0.1, 0.15) is 11.2 Å². The Labute approximate surface area is 293 Å². The van der Waals surface area contributed by atoms with Crippen LogP contribution in [0.4, 0.5) is 0 Å². The third-order valence-electron chi connectivity index (χ3n) is 10.5. The van der Waals surface area contributed by atoms with E-state index < -0.39 is 0 Å². The smallest absolute Gasteiger partial charge is 0.138 e. The Balaban J connectivity index is 1.26. The maximum atomic E-state index is 6.68. The van der Waals surface area contributed by atoms with Gasteiger partial charge in [0.15, 0.2) is 0 Å². The van der Waals surface area contributed by atoms with Crippen molar-refractivity contribution in [3.05, 3.63) is 182 Å². The number of furan rings is 1. The van der Waals surface area contributed by atoms with Crippen molar-refractivity contribution in [1.29, 1.82) is 0 Å². The number of hydrogen-bond acceptors (Lipinski definition) is 1. The molecule has 51 heavy (non-hydrogen) atoms. The van der Waals surface area contributed by atoms with Gasteiger partial charge in [-0.15, -0.1) is 0 Å². The van der Waals surface area contributed by atoms with E-state index in [0.29, 0.717) is 0 Å². The van der Waals surface area contributed by atoms with E-state index in [9.17, 15) is 0 Å². The van der Waals surface area contributed by atoms with Crippen LogP contribution >= 0.6 is 0 Å². The zero-order valence-corrected chi connectivity index (χ0v) is 27.6. The molecule has 3 heteroatoms. The monoisotopic (exact) mass is 650 g/mol. The first-order chi connectivity index (χ1) is 25.3. The standard InChI is InChI=1S/C48H30N2O/c1-2-14-31(15-3-1)34-16-4-5-17-35(34)32-28-45(48-40-21-9-13-25-46(40)51-47(48)29-32)50-43-24-12-8-20-38(43)39-27-26-33(30-44(39)50)49-41-22-10-6-18-36(41)37-19-7-11-23-42(37)49/h1-30H. The molecular weight excluding hydrogens is 621 g/mol. The second-order valence-corrected chi connectivity index (χ2v) is 13.3. The average Bonchev–Trinajstić information content (AvgIpc) is 3.85. The molecule has 3 nitrogen and oxygen atoms in total. The van der Waals surface area contributed by atoms with E-state index in [-0.39, 0.29) is 0 Å². The molecule has 3 aromatic heterocycles. The summed E-state index contributed by atoms with van der Waals surface area (Å²) in [6, 6.07) is 65.5. The first kappa shape index (κ1) is 28.0. The van der Waals surface area contributed by atoms with Crippen LogP contribution in [0.25, 0.3) is 99.2 Å². The van der Waals surface area contributed by atoms with E-state index in [1.54, 1.807) is 0 Å². The number of hydrogen-bond donors (Lipinski definition) is 0. The van der Waals surface area contributed by atoms with Crippen LogP contribution in [0.15, 0.2) is 186 Å². The molecule has 3 heterocycles. The van der Waals surface area contributed by atoms with Gasteiger partial charge in [0, 0.05) is 32.6 Å². The number of benzene rings is 8. The van der Waals surface area contributed by atoms with E-state index in [1.807, 2.05) is 0 Å². The number of nitrogens with zero attached hydrogens (tertiary/aromatic N) is 2. The maximum Gasteiger partial charge on any atom is 0.138 e. The van der Waals surface area contributed by atoms with E-state index in [4.69, 9.17) is 4.42 Å². The molecular formula is C48H30N2O. The molecule has 0 unspecified atom stereocenters. The first-order valence-electron chi connectivity index (χ1n) is 17.4. The molecule has 238 valence electrons. The highest BCUT2D eigenvalue weighted by Crippen LogP contribution is 2.43. The zero-order valence-electron chi connectivity index (χ0n) is 27.6. The van der Waals surface area contributed by atoms with Crippen LogP contribution in [-0.4, -0.2) is 9.13 Å². The first-order valence-corrected chi connectivity index (χ1v) is 17.4. The van der Waals surface area contributed by atoms with Crippen LogP contribution in [-0.2, 0) is 0 Å². The second-order valence-electron chi connectivity index (χ2n) is 13.3. The van der Waals surface area contributed by atoms with Gasteiger partial charge in [-0.1, -0.05) is 133 Å². The van der Waals surface area contributed by atoms with Crippen molar-refractivity contribution in [2.75, 3.05) is 0 Å². The fraction of sp³-hybridized carbons (Fsp3) is 0. The Bertz CT molecular complexity index is 3090. The molecule has 0 atom stereocenters. The molecule has 0 aliphatic carbocycles. The van der Waals surface area contributed by atoms with E-state index >= 15 is 0 Å². The summed E-state index contributed by atoms with van der Waals surface area (Å²) in [6.07, 6.45) is 0. The molecule has 0 aliphatic rings. The van der Waals surface area contributed by atoms with Crippen LogP contribution < -0.4 is 0 Å². The van der Waals surface area contributed by atoms with Gasteiger partial charge in [-0.3, -0.25) is 0 Å². The lowest BCUT2D eigenvalue weighted by molar-refractivity contribution is 0.669. The van der Waals surface area contributed by atoms with Crippen molar-refractivity contribution in [2.24, 2.45) is 0 Å². The summed E-state index contributed by atoms with van der Waals surface area (Å²) in [5.74, 6) is 0. The lowest BCUT2D eigenvalue weighted by Crippen LogP contribution is -1.98. The predicted molar refractivity (Wildman–Crippen MR) is 213 cm³/mol. The average molecular weight is 651 g/mol. The minimum absolute atomic E-state index is 0.871. The summed E-state index contributed by atoms with van der Waals surface area (Å²) >= 11 is 0. The van der Waals surface area contributed by atoms with Crippen LogP contribution in [0.5, 0.6) is 0 Å². The van der Waals surface area contributed by atoms with Crippen molar-refractivity contribution < 1.29 is 4.42 Å². The van der Waals surface area contributed by atoms with Gasteiger partial charge < -0.3 is 13.6 Å². The molecule has 8 aromatic carbocycles. The van der Waals surface area contributed by atoms with Crippen molar-refractivity contribution >= 4 is 65.6 Å². The molecule has 0 bridgehead atoms. The van der Waals surface area contributed by atoms with Crippen molar-refractivity contribution in [1.82, 2.24) is 9.13 Å². The van der Waals surface area contributed by atoms with Crippen LogP contribution in [0.1, 0.15) is 0 Å². The van der Waals surface area contributed by atoms with Gasteiger partial charge >= 0.3 is 0 Å². The molecule has 0 spiro atoms. The normalized spacial score (nSPS) is 11.9. The van der Waals surface area contributed by atoms with Crippen LogP contribution in [0, 0.1) is 0 Å². The minimum atomic E-state index is 0.871. The van der Waals surface area contributed by atoms with Gasteiger partial charge in [0.25, 0.3) is 0 Å². The highest BCUT2D eigenvalue weighted by atomic mass is 16.3. The van der Waals surface area contributed by atoms with Gasteiger partial charge in [0.05, 0.1) is 33.1 Å². The van der Waals surface area contributed by atoms with E-state index in [1.165, 1.54) is 49.3 Å². The minimum Gasteiger partial charge on any atom is -0.456 e. The lowest BCUT2D eigenvalue weighted by atomic mass is 9.93. The summed E-state index contributed by atoms with van der Waals surface area (Å²) in [6.45, 7) is 0. The lowest BCUT2D eigenvalue weighted by Gasteiger charge is -2.15. The quantitative estimate of drug-likeness (QED) is 0.186. The molecule has 0 saturated carbocycles. The van der Waals surface area contributed by atoms with Crippen LogP contribution in [0.3, 0.4) is 0 Å². The predicted octanol–water partition coefficient (Wildman–Crippen LogP) is 13.1. The molecule has 0 radical (unpaired) electrons. The third-order valence-corrected chi connectivity index (χ3v) is 10.5. The second kappa shape index (κ2) is 10.8. The molecule has 0 amide bonds. The summed E-state index contributed by atoms with van der Waals surface area (Å²) in [5.41, 5.74) is 13.3. The summed E-state index contributed by atoms with van der Waals surface area (Å²) in [5, 5.41) is 7.16. The molecule has 0 N–H and O–H groups in total. The summed E-state index contributed by atoms with van der Waals surface area (Å²) < 4.78 is 11.5. The van der Waals surface area contributed by atoms with Crippen LogP contribution in [0.2, 0.25) is 0 Å². The molecule has 0 aliphatic heterocycles. The topological polar surface area (TPSA) is 23.0 Å². The Morgan fingerprint density at radius 2 is 0.863 bits per heavy atom. The maximum absolute atomic E-state index is 6.68. The Kier molecular flexibility index (Phi) is 5.96. The third kappa shape index (κ3) is 4.12. The van der Waals surface area contributed by atoms with E-state index in [2.05, 4.69) is 191 Å². The Morgan fingerprint density at radius 3 is 1.55 bits per heavy atom. The number of fused-ring (bicyclic) bond motifs is 9. The van der Waals surface area contributed by atoms with Crippen molar-refractivity contribution in [3.63, 3.8) is 0 Å². The van der Waals surface area contributed by atoms with Gasteiger partial charge in [-0.25, -0.2) is 0 Å². The van der Waals surface area contributed by atoms with Gasteiger partial charge in [0.2, 0.25) is 0 Å². The summed E-state index contributed by atoms with van der Waals surface area (Å²) in [7, 11) is 0. The number of aromatic nitrogens is 2. The molecule has 0 saturated heterocycles. The zero-order chi connectivity index (χ0) is 33.5. The van der Waals surface area contributed by atoms with E-state index in [0.717, 1.165) is 49.9 Å². The Hall–Kier alpha value is -6.84.